The molecule has 0 unspecified atom stereocenters. The minimum absolute atomic E-state index is 0.157. The molecule has 4 nitrogen and oxygen atoms in total. The van der Waals surface area contributed by atoms with Crippen molar-refractivity contribution in [3.8, 4) is 0 Å². The van der Waals surface area contributed by atoms with E-state index in [0.717, 1.165) is 21.9 Å². The topological polar surface area (TPSA) is 27.9 Å². The summed E-state index contributed by atoms with van der Waals surface area (Å²) in [7, 11) is 1.61. The summed E-state index contributed by atoms with van der Waals surface area (Å²) in [5.41, 5.74) is -1.55. The molecule has 11 heteroatoms. The molecule has 0 N–H and O–H groups in total. The Bertz CT molecular complexity index is 983. The average molecular weight is 475 g/mol. The third kappa shape index (κ3) is 7.09. The lowest BCUT2D eigenvalue weighted by Crippen LogP contribution is -2.36. The third-order valence-corrected chi connectivity index (χ3v) is 5.46. The zero-order valence-electron chi connectivity index (χ0n) is 17.1. The Balaban J connectivity index is 2.17. The van der Waals surface area contributed by atoms with E-state index in [4.69, 9.17) is 6.57 Å². The molecular formula is C21H19F6N3OS. The SMILES string of the molecule is [C-]#[N+]c1ccc(N(CCSc2ccc(N(C)C(C)=O)cc2)CC(F)(F)F)cc1C(F)(F)F. The Hall–Kier alpha value is -2.87. The first-order chi connectivity index (χ1) is 14.8. The summed E-state index contributed by atoms with van der Waals surface area (Å²) in [6, 6.07) is 9.35. The van der Waals surface area contributed by atoms with Gasteiger partial charge < -0.3 is 9.80 Å². The first-order valence-corrected chi connectivity index (χ1v) is 10.2. The average Bonchev–Trinajstić information content (AvgIpc) is 2.71. The van der Waals surface area contributed by atoms with E-state index < -0.39 is 30.1 Å². The maximum Gasteiger partial charge on any atom is 0.407 e. The summed E-state index contributed by atoms with van der Waals surface area (Å²) in [5, 5.41) is 0. The molecule has 1 amide bonds. The van der Waals surface area contributed by atoms with Gasteiger partial charge in [-0.25, -0.2) is 4.85 Å². The van der Waals surface area contributed by atoms with Crippen molar-refractivity contribution in [3.05, 3.63) is 59.4 Å². The zero-order chi connectivity index (χ0) is 24.1. The van der Waals surface area contributed by atoms with E-state index in [1.165, 1.54) is 23.6 Å². The van der Waals surface area contributed by atoms with Gasteiger partial charge in [-0.3, -0.25) is 4.79 Å². The number of alkyl halides is 6. The smallest absolute Gasteiger partial charge is 0.362 e. The van der Waals surface area contributed by atoms with Crippen molar-refractivity contribution < 1.29 is 31.1 Å². The summed E-state index contributed by atoms with van der Waals surface area (Å²) in [5.74, 6) is 0.0137. The van der Waals surface area contributed by atoms with Crippen LogP contribution in [-0.4, -0.2) is 38.0 Å². The van der Waals surface area contributed by atoms with E-state index >= 15 is 0 Å². The largest absolute Gasteiger partial charge is 0.407 e. The van der Waals surface area contributed by atoms with Gasteiger partial charge in [-0.15, -0.1) is 11.8 Å². The van der Waals surface area contributed by atoms with E-state index in [2.05, 4.69) is 4.85 Å². The molecule has 0 aromatic heterocycles. The summed E-state index contributed by atoms with van der Waals surface area (Å²) in [6.07, 6.45) is -9.48. The number of anilines is 2. The summed E-state index contributed by atoms with van der Waals surface area (Å²) in [4.78, 5) is 17.2. The van der Waals surface area contributed by atoms with Crippen molar-refractivity contribution in [3.63, 3.8) is 0 Å². The molecule has 2 aromatic carbocycles. The Morgan fingerprint density at radius 1 is 1.03 bits per heavy atom. The van der Waals surface area contributed by atoms with Crippen molar-refractivity contribution >= 4 is 34.7 Å². The number of halogens is 6. The van der Waals surface area contributed by atoms with Crippen LogP contribution in [0.25, 0.3) is 4.85 Å². The Morgan fingerprint density at radius 3 is 2.12 bits per heavy atom. The minimum atomic E-state index is -4.86. The standard InChI is InChI=1S/C21H19F6N3OS/c1-14(31)29(3)15-4-7-17(8-5-15)32-11-10-30(13-20(22,23)24)16-6-9-19(28-2)18(12-16)21(25,26)27/h4-9,12H,10-11,13H2,1,3H3. The number of amides is 1. The van der Waals surface area contributed by atoms with E-state index in [1.54, 1.807) is 31.3 Å². The van der Waals surface area contributed by atoms with Crippen LogP contribution in [0.1, 0.15) is 12.5 Å². The Morgan fingerprint density at radius 2 is 1.62 bits per heavy atom. The number of rotatable bonds is 7. The second-order valence-corrected chi connectivity index (χ2v) is 7.94. The van der Waals surface area contributed by atoms with E-state index in [9.17, 15) is 31.1 Å². The molecule has 172 valence electrons. The van der Waals surface area contributed by atoms with Gasteiger partial charge in [-0.1, -0.05) is 6.07 Å². The molecule has 0 spiro atoms. The normalized spacial score (nSPS) is 11.7. The molecule has 0 atom stereocenters. The van der Waals surface area contributed by atoms with Crippen LogP contribution >= 0.6 is 11.8 Å². The van der Waals surface area contributed by atoms with Crippen LogP contribution in [0.4, 0.5) is 43.4 Å². The quantitative estimate of drug-likeness (QED) is 0.264. The molecule has 2 aromatic rings. The van der Waals surface area contributed by atoms with Crippen LogP contribution in [0, 0.1) is 6.57 Å². The molecule has 0 saturated carbocycles. The van der Waals surface area contributed by atoms with Gasteiger partial charge in [0, 0.05) is 42.5 Å². The van der Waals surface area contributed by atoms with Crippen LogP contribution < -0.4 is 9.80 Å². The molecule has 0 aliphatic rings. The monoisotopic (exact) mass is 475 g/mol. The highest BCUT2D eigenvalue weighted by atomic mass is 32.2. The molecule has 32 heavy (non-hydrogen) atoms. The highest BCUT2D eigenvalue weighted by Gasteiger charge is 2.35. The van der Waals surface area contributed by atoms with Crippen molar-refractivity contribution in [1.82, 2.24) is 0 Å². The molecule has 2 rings (SSSR count). The van der Waals surface area contributed by atoms with Crippen LogP contribution in [0.15, 0.2) is 47.4 Å². The lowest BCUT2D eigenvalue weighted by atomic mass is 10.1. The van der Waals surface area contributed by atoms with Crippen LogP contribution in [0.5, 0.6) is 0 Å². The molecule has 0 aliphatic heterocycles. The number of carbonyl (C=O) groups is 1. The Labute approximate surface area is 185 Å². The van der Waals surface area contributed by atoms with Gasteiger partial charge in [0.1, 0.15) is 6.54 Å². The molecule has 0 heterocycles. The predicted molar refractivity (Wildman–Crippen MR) is 112 cm³/mol. The number of thioether (sulfide) groups is 1. The van der Waals surface area contributed by atoms with Gasteiger partial charge >= 0.3 is 12.4 Å². The maximum atomic E-state index is 13.2. The fourth-order valence-electron chi connectivity index (χ4n) is 2.78. The van der Waals surface area contributed by atoms with Gasteiger partial charge in [0.15, 0.2) is 5.69 Å². The summed E-state index contributed by atoms with van der Waals surface area (Å²) < 4.78 is 78.8. The fraction of sp³-hybridized carbons (Fsp3) is 0.333. The molecule has 0 radical (unpaired) electrons. The minimum Gasteiger partial charge on any atom is -0.362 e. The lowest BCUT2D eigenvalue weighted by molar-refractivity contribution is -0.136. The van der Waals surface area contributed by atoms with Gasteiger partial charge in [0.05, 0.1) is 12.1 Å². The van der Waals surface area contributed by atoms with E-state index in [-0.39, 0.29) is 23.9 Å². The molecule has 0 aliphatic carbocycles. The van der Waals surface area contributed by atoms with Crippen molar-refractivity contribution in [2.45, 2.75) is 24.2 Å². The molecule has 0 fully saturated rings. The molecular weight excluding hydrogens is 456 g/mol. The van der Waals surface area contributed by atoms with E-state index in [1.807, 2.05) is 0 Å². The number of hydrogen-bond acceptors (Lipinski definition) is 3. The second kappa shape index (κ2) is 10.2. The highest BCUT2D eigenvalue weighted by molar-refractivity contribution is 7.99. The van der Waals surface area contributed by atoms with Gasteiger partial charge in [0.25, 0.3) is 0 Å². The zero-order valence-corrected chi connectivity index (χ0v) is 17.9. The summed E-state index contributed by atoms with van der Waals surface area (Å²) >= 11 is 1.23. The number of carbonyl (C=O) groups excluding carboxylic acids is 1. The van der Waals surface area contributed by atoms with Crippen LogP contribution in [0.3, 0.4) is 0 Å². The first kappa shape index (κ1) is 25.4. The maximum absolute atomic E-state index is 13.2. The first-order valence-electron chi connectivity index (χ1n) is 9.19. The Kier molecular flexibility index (Phi) is 8.07. The van der Waals surface area contributed by atoms with Crippen LogP contribution in [0.2, 0.25) is 0 Å². The number of hydrogen-bond donors (Lipinski definition) is 0. The van der Waals surface area contributed by atoms with Gasteiger partial charge in [-0.2, -0.15) is 26.3 Å². The predicted octanol–water partition coefficient (Wildman–Crippen LogP) is 6.40. The van der Waals surface area contributed by atoms with Gasteiger partial charge in [0.2, 0.25) is 5.91 Å². The third-order valence-electron chi connectivity index (χ3n) is 4.47. The molecule has 0 bridgehead atoms. The molecule has 0 saturated heterocycles. The fourth-order valence-corrected chi connectivity index (χ4v) is 3.66. The van der Waals surface area contributed by atoms with Crippen molar-refractivity contribution in [1.29, 1.82) is 0 Å². The van der Waals surface area contributed by atoms with E-state index in [0.29, 0.717) is 11.8 Å². The summed E-state index contributed by atoms with van der Waals surface area (Å²) in [6.45, 7) is 6.67. The lowest BCUT2D eigenvalue weighted by Gasteiger charge is -2.27. The second-order valence-electron chi connectivity index (χ2n) is 6.77. The number of nitrogens with zero attached hydrogens (tertiary/aromatic N) is 3. The number of benzene rings is 2. The van der Waals surface area contributed by atoms with Crippen molar-refractivity contribution in [2.75, 3.05) is 35.7 Å². The van der Waals surface area contributed by atoms with Crippen molar-refractivity contribution in [2.24, 2.45) is 0 Å². The van der Waals surface area contributed by atoms with Gasteiger partial charge in [-0.05, 0) is 36.4 Å². The van der Waals surface area contributed by atoms with Crippen LogP contribution in [-0.2, 0) is 11.0 Å². The highest BCUT2D eigenvalue weighted by Crippen LogP contribution is 2.39.